The van der Waals surface area contributed by atoms with Crippen molar-refractivity contribution in [2.24, 2.45) is 17.8 Å². The topological polar surface area (TPSA) is 110 Å². The van der Waals surface area contributed by atoms with Crippen LogP contribution in [0.3, 0.4) is 0 Å². The lowest BCUT2D eigenvalue weighted by Gasteiger charge is -2.10. The van der Waals surface area contributed by atoms with Gasteiger partial charge in [0.05, 0.1) is 18.8 Å². The fraction of sp³-hybridized carbons (Fsp3) is 0.308. The van der Waals surface area contributed by atoms with Crippen LogP contribution in [0.5, 0.6) is 0 Å². The van der Waals surface area contributed by atoms with E-state index in [4.69, 9.17) is 10.2 Å². The molecule has 0 bridgehead atoms. The molecule has 0 saturated heterocycles. The second-order valence-corrected chi connectivity index (χ2v) is 4.36. The van der Waals surface area contributed by atoms with Crippen molar-refractivity contribution in [1.82, 2.24) is 20.4 Å². The van der Waals surface area contributed by atoms with Crippen LogP contribution in [0.2, 0.25) is 0 Å². The van der Waals surface area contributed by atoms with Crippen molar-refractivity contribution in [3.63, 3.8) is 0 Å². The van der Waals surface area contributed by atoms with E-state index < -0.39 is 5.91 Å². The average Bonchev–Trinajstić information content (AvgIpc) is 3.08. The number of guanidine groups is 1. The molecular formula is C13H19IN6O2. The number of aliphatic imine (C=N–C) groups is 1. The minimum atomic E-state index is -0.583. The Bertz CT molecular complexity index is 649. The summed E-state index contributed by atoms with van der Waals surface area (Å²) in [5, 5.41) is 10.3. The fourth-order valence-electron chi connectivity index (χ4n) is 1.75. The normalized spacial score (nSPS) is 10.9. The lowest BCUT2D eigenvalue weighted by molar-refractivity contribution is 0.0972. The first-order valence-corrected chi connectivity index (χ1v) is 6.40. The van der Waals surface area contributed by atoms with Gasteiger partial charge in [-0.3, -0.25) is 14.5 Å². The van der Waals surface area contributed by atoms with Gasteiger partial charge >= 0.3 is 0 Å². The third-order valence-electron chi connectivity index (χ3n) is 2.92. The maximum atomic E-state index is 10.9. The number of hydrogen-bond donors (Lipinski definition) is 3. The molecule has 0 aromatic carbocycles. The molecular weight excluding hydrogens is 399 g/mol. The van der Waals surface area contributed by atoms with Gasteiger partial charge < -0.3 is 20.8 Å². The molecule has 1 amide bonds. The number of nitrogens with zero attached hydrogens (tertiary/aromatic N) is 3. The van der Waals surface area contributed by atoms with Gasteiger partial charge in [-0.15, -0.1) is 24.0 Å². The van der Waals surface area contributed by atoms with E-state index in [2.05, 4.69) is 20.7 Å². The van der Waals surface area contributed by atoms with Crippen molar-refractivity contribution in [2.75, 3.05) is 7.05 Å². The maximum Gasteiger partial charge on any atom is 0.284 e. The maximum absolute atomic E-state index is 10.9. The molecule has 0 aliphatic rings. The molecule has 0 fully saturated rings. The van der Waals surface area contributed by atoms with E-state index in [1.807, 2.05) is 13.1 Å². The summed E-state index contributed by atoms with van der Waals surface area (Å²) in [6.45, 7) is 0.999. The summed E-state index contributed by atoms with van der Waals surface area (Å²) < 4.78 is 7.06. The van der Waals surface area contributed by atoms with Crippen molar-refractivity contribution in [3.05, 3.63) is 41.6 Å². The van der Waals surface area contributed by atoms with Crippen LogP contribution < -0.4 is 16.4 Å². The number of carbonyl (C=O) groups is 1. The first-order chi connectivity index (χ1) is 10.1. The predicted octanol–water partition coefficient (Wildman–Crippen LogP) is 0.595. The summed E-state index contributed by atoms with van der Waals surface area (Å²) >= 11 is 0. The second kappa shape index (κ2) is 8.41. The van der Waals surface area contributed by atoms with Gasteiger partial charge in [-0.2, -0.15) is 5.10 Å². The summed E-state index contributed by atoms with van der Waals surface area (Å²) in [7, 11) is 3.55. The van der Waals surface area contributed by atoms with Crippen molar-refractivity contribution in [1.29, 1.82) is 0 Å². The Morgan fingerprint density at radius 2 is 2.09 bits per heavy atom. The zero-order valence-corrected chi connectivity index (χ0v) is 14.7. The smallest absolute Gasteiger partial charge is 0.284 e. The van der Waals surface area contributed by atoms with Gasteiger partial charge in [-0.25, -0.2) is 0 Å². The zero-order valence-electron chi connectivity index (χ0n) is 12.4. The van der Waals surface area contributed by atoms with Gasteiger partial charge in [0.1, 0.15) is 5.76 Å². The van der Waals surface area contributed by atoms with Crippen molar-refractivity contribution < 1.29 is 9.21 Å². The first kappa shape index (κ1) is 18.0. The van der Waals surface area contributed by atoms with Crippen molar-refractivity contribution in [3.8, 4) is 0 Å². The van der Waals surface area contributed by atoms with Gasteiger partial charge in [-0.05, 0) is 18.2 Å². The fourth-order valence-corrected chi connectivity index (χ4v) is 1.75. The molecule has 0 unspecified atom stereocenters. The molecule has 2 heterocycles. The summed E-state index contributed by atoms with van der Waals surface area (Å²) in [5.41, 5.74) is 6.16. The summed E-state index contributed by atoms with van der Waals surface area (Å²) in [4.78, 5) is 15.0. The highest BCUT2D eigenvalue weighted by molar-refractivity contribution is 14.0. The van der Waals surface area contributed by atoms with E-state index in [1.165, 1.54) is 0 Å². The predicted molar refractivity (Wildman–Crippen MR) is 92.9 cm³/mol. The molecule has 0 atom stereocenters. The molecule has 2 aromatic heterocycles. The lowest BCUT2D eigenvalue weighted by Crippen LogP contribution is -2.36. The van der Waals surface area contributed by atoms with Crippen LogP contribution in [0.4, 0.5) is 0 Å². The molecule has 2 rings (SSSR count). The third kappa shape index (κ3) is 4.76. The summed E-state index contributed by atoms with van der Waals surface area (Å²) in [5.74, 6) is 0.783. The number of rotatable bonds is 5. The Hall–Kier alpha value is -2.04. The Kier molecular flexibility index (Phi) is 6.89. The van der Waals surface area contributed by atoms with Crippen LogP contribution in [-0.2, 0) is 20.1 Å². The molecule has 9 heteroatoms. The van der Waals surface area contributed by atoms with Crippen LogP contribution in [0.1, 0.15) is 22.0 Å². The van der Waals surface area contributed by atoms with Crippen LogP contribution in [0.15, 0.2) is 33.8 Å². The molecule has 4 N–H and O–H groups in total. The van der Waals surface area contributed by atoms with E-state index in [0.29, 0.717) is 24.8 Å². The number of nitrogens with two attached hydrogens (primary N) is 1. The number of primary amides is 1. The summed E-state index contributed by atoms with van der Waals surface area (Å²) in [6.07, 6.45) is 1.74. The van der Waals surface area contributed by atoms with Gasteiger partial charge in [-0.1, -0.05) is 0 Å². The molecule has 0 aliphatic carbocycles. The van der Waals surface area contributed by atoms with E-state index in [1.54, 1.807) is 30.1 Å². The standard InChI is InChI=1S/C13H18N6O2.HI/c1-15-13(16-7-9-5-6-18-19(9)2)17-8-10-3-4-11(21-10)12(14)20;/h3-6H,7-8H2,1-2H3,(H2,14,20)(H2,15,16,17);1H. The number of aryl methyl sites for hydroxylation is 1. The monoisotopic (exact) mass is 418 g/mol. The Morgan fingerprint density at radius 1 is 1.36 bits per heavy atom. The van der Waals surface area contributed by atoms with E-state index >= 15 is 0 Å². The molecule has 0 radical (unpaired) electrons. The van der Waals surface area contributed by atoms with Crippen LogP contribution in [0.25, 0.3) is 0 Å². The van der Waals surface area contributed by atoms with Crippen molar-refractivity contribution >= 4 is 35.8 Å². The minimum Gasteiger partial charge on any atom is -0.454 e. The number of hydrogen-bond acceptors (Lipinski definition) is 4. The highest BCUT2D eigenvalue weighted by Crippen LogP contribution is 2.06. The van der Waals surface area contributed by atoms with E-state index in [0.717, 1.165) is 5.69 Å². The van der Waals surface area contributed by atoms with Gasteiger partial charge in [0.15, 0.2) is 11.7 Å². The Labute approximate surface area is 145 Å². The molecule has 2 aromatic rings. The number of halogens is 1. The van der Waals surface area contributed by atoms with Crippen molar-refractivity contribution in [2.45, 2.75) is 13.1 Å². The lowest BCUT2D eigenvalue weighted by atomic mass is 10.4. The Morgan fingerprint density at radius 3 is 2.64 bits per heavy atom. The van der Waals surface area contributed by atoms with Gasteiger partial charge in [0.25, 0.3) is 5.91 Å². The zero-order chi connectivity index (χ0) is 15.2. The highest BCUT2D eigenvalue weighted by atomic mass is 127. The molecule has 0 saturated carbocycles. The summed E-state index contributed by atoms with van der Waals surface area (Å²) in [6, 6.07) is 5.17. The number of carbonyl (C=O) groups excluding carboxylic acids is 1. The quantitative estimate of drug-likeness (QED) is 0.374. The molecule has 120 valence electrons. The van der Waals surface area contributed by atoms with E-state index in [-0.39, 0.29) is 29.7 Å². The van der Waals surface area contributed by atoms with Gasteiger partial charge in [0.2, 0.25) is 0 Å². The van der Waals surface area contributed by atoms with Crippen LogP contribution in [-0.4, -0.2) is 28.7 Å². The third-order valence-corrected chi connectivity index (χ3v) is 2.92. The highest BCUT2D eigenvalue weighted by Gasteiger charge is 2.07. The first-order valence-electron chi connectivity index (χ1n) is 6.40. The molecule has 0 spiro atoms. The number of aromatic nitrogens is 2. The van der Waals surface area contributed by atoms with Crippen LogP contribution >= 0.6 is 24.0 Å². The van der Waals surface area contributed by atoms with Gasteiger partial charge in [0, 0.05) is 20.3 Å². The largest absolute Gasteiger partial charge is 0.454 e. The second-order valence-electron chi connectivity index (χ2n) is 4.36. The number of furan rings is 1. The van der Waals surface area contributed by atoms with Crippen LogP contribution in [0, 0.1) is 0 Å². The Balaban J connectivity index is 0.00000242. The molecule has 0 aliphatic heterocycles. The average molecular weight is 418 g/mol. The minimum absolute atomic E-state index is 0. The number of nitrogens with one attached hydrogen (secondary N) is 2. The molecule has 8 nitrogen and oxygen atoms in total. The number of amides is 1. The SMILES string of the molecule is CN=C(NCc1ccc(C(N)=O)o1)NCc1ccnn1C.I. The van der Waals surface area contributed by atoms with E-state index in [9.17, 15) is 4.79 Å². The molecule has 22 heavy (non-hydrogen) atoms.